The molecule has 3 aromatic rings. The van der Waals surface area contributed by atoms with E-state index in [0.717, 1.165) is 37.2 Å². The number of ether oxygens (including phenoxy) is 1. The van der Waals surface area contributed by atoms with Crippen molar-refractivity contribution in [3.8, 4) is 5.88 Å². The summed E-state index contributed by atoms with van der Waals surface area (Å²) in [6, 6.07) is 15.4. The predicted molar refractivity (Wildman–Crippen MR) is 145 cm³/mol. The highest BCUT2D eigenvalue weighted by Gasteiger charge is 2.22. The third-order valence-corrected chi connectivity index (χ3v) is 6.67. The molecule has 4 rings (SSSR count). The van der Waals surface area contributed by atoms with Gasteiger partial charge in [-0.25, -0.2) is 9.97 Å². The lowest BCUT2D eigenvalue weighted by Crippen LogP contribution is -2.35. The van der Waals surface area contributed by atoms with Crippen molar-refractivity contribution in [2.24, 2.45) is 5.92 Å². The molecule has 0 saturated carbocycles. The van der Waals surface area contributed by atoms with Gasteiger partial charge in [0, 0.05) is 30.7 Å². The number of hydrogen-bond acceptors (Lipinski definition) is 6. The highest BCUT2D eigenvalue weighted by molar-refractivity contribution is 6.07. The van der Waals surface area contributed by atoms with E-state index in [1.54, 1.807) is 24.5 Å². The number of amides is 1. The number of benzene rings is 1. The van der Waals surface area contributed by atoms with Gasteiger partial charge in [0.1, 0.15) is 11.9 Å². The van der Waals surface area contributed by atoms with E-state index in [2.05, 4.69) is 53.6 Å². The summed E-state index contributed by atoms with van der Waals surface area (Å²) in [7, 11) is 0. The monoisotopic (exact) mass is 487 g/mol. The maximum Gasteiger partial charge on any atom is 0.259 e. The van der Waals surface area contributed by atoms with E-state index >= 15 is 0 Å². The van der Waals surface area contributed by atoms with Gasteiger partial charge >= 0.3 is 0 Å². The molecule has 190 valence electrons. The molecule has 0 bridgehead atoms. The predicted octanol–water partition coefficient (Wildman–Crippen LogP) is 5.41. The summed E-state index contributed by atoms with van der Waals surface area (Å²) >= 11 is 0. The van der Waals surface area contributed by atoms with Crippen molar-refractivity contribution < 1.29 is 9.53 Å². The first-order valence-electron chi connectivity index (χ1n) is 12.7. The quantitative estimate of drug-likeness (QED) is 0.394. The number of carbonyl (C=O) groups excluding carboxylic acids is 1. The number of aromatic nitrogens is 2. The van der Waals surface area contributed by atoms with Gasteiger partial charge in [-0.2, -0.15) is 0 Å². The summed E-state index contributed by atoms with van der Waals surface area (Å²) in [5, 5.41) is 9.68. The van der Waals surface area contributed by atoms with Crippen LogP contribution in [0.1, 0.15) is 62.0 Å². The molecule has 0 spiro atoms. The molecule has 7 heteroatoms. The molecule has 1 aliphatic heterocycles. The summed E-state index contributed by atoms with van der Waals surface area (Å²) in [6.07, 6.45) is 5.79. The molecule has 1 fully saturated rings. The summed E-state index contributed by atoms with van der Waals surface area (Å²) in [5.41, 5.74) is 3.53. The second kappa shape index (κ2) is 11.5. The number of hydrogen-bond donors (Lipinski definition) is 3. The van der Waals surface area contributed by atoms with Crippen LogP contribution in [0.4, 0.5) is 11.5 Å². The van der Waals surface area contributed by atoms with E-state index in [-0.39, 0.29) is 17.4 Å². The number of pyridine rings is 2. The van der Waals surface area contributed by atoms with Gasteiger partial charge in [-0.3, -0.25) is 4.79 Å². The normalized spacial score (nSPS) is 15.2. The zero-order valence-electron chi connectivity index (χ0n) is 21.7. The summed E-state index contributed by atoms with van der Waals surface area (Å²) in [4.78, 5) is 21.8. The topological polar surface area (TPSA) is 88.2 Å². The number of nitrogens with one attached hydrogen (secondary N) is 3. The Kier molecular flexibility index (Phi) is 8.21. The van der Waals surface area contributed by atoms with Crippen LogP contribution in [-0.4, -0.2) is 35.1 Å². The Labute approximate surface area is 214 Å². The van der Waals surface area contributed by atoms with Crippen LogP contribution in [0, 0.1) is 5.92 Å². The minimum Gasteiger partial charge on any atom is -0.474 e. The fourth-order valence-corrected chi connectivity index (χ4v) is 4.39. The lowest BCUT2D eigenvalue weighted by Gasteiger charge is -2.28. The van der Waals surface area contributed by atoms with Gasteiger partial charge in [-0.15, -0.1) is 0 Å². The standard InChI is InChI=1S/C29H37N5O2/c1-20(22-12-15-30-16-13-22)36-26-18-21(11-17-31-26)19-33-27-25(6-5-14-32-27)28(35)34-24-9-7-23(8-10-24)29(2,3)4/h5-11,14,17-18,20,22,30H,12-13,15-16,19H2,1-4H3,(H,32,33)(H,34,35). The molecule has 2 aromatic heterocycles. The molecule has 3 N–H and O–H groups in total. The Morgan fingerprint density at radius 3 is 2.56 bits per heavy atom. The second-order valence-corrected chi connectivity index (χ2v) is 10.4. The van der Waals surface area contributed by atoms with Gasteiger partial charge in [-0.1, -0.05) is 32.9 Å². The van der Waals surface area contributed by atoms with E-state index in [1.165, 1.54) is 5.56 Å². The molecule has 1 atom stereocenters. The third-order valence-electron chi connectivity index (χ3n) is 6.67. The van der Waals surface area contributed by atoms with Crippen molar-refractivity contribution in [1.82, 2.24) is 15.3 Å². The average Bonchev–Trinajstić information content (AvgIpc) is 2.88. The minimum atomic E-state index is -0.205. The molecule has 1 aliphatic rings. The molecule has 0 radical (unpaired) electrons. The van der Waals surface area contributed by atoms with Gasteiger partial charge in [-0.05, 0) is 85.6 Å². The average molecular weight is 488 g/mol. The van der Waals surface area contributed by atoms with E-state index in [9.17, 15) is 4.79 Å². The molecule has 36 heavy (non-hydrogen) atoms. The van der Waals surface area contributed by atoms with Crippen LogP contribution < -0.4 is 20.7 Å². The Bertz CT molecular complexity index is 1150. The third kappa shape index (κ3) is 6.82. The van der Waals surface area contributed by atoms with Crippen molar-refractivity contribution in [2.45, 2.75) is 58.6 Å². The Morgan fingerprint density at radius 1 is 1.08 bits per heavy atom. The van der Waals surface area contributed by atoms with Gasteiger partial charge in [0.2, 0.25) is 5.88 Å². The lowest BCUT2D eigenvalue weighted by molar-refractivity contribution is 0.102. The highest BCUT2D eigenvalue weighted by atomic mass is 16.5. The molecular weight excluding hydrogens is 450 g/mol. The first kappa shape index (κ1) is 25.6. The SMILES string of the molecule is CC(Oc1cc(CNc2ncccc2C(=O)Nc2ccc(C(C)(C)C)cc2)ccn1)C1CCNCC1. The van der Waals surface area contributed by atoms with Crippen LogP contribution in [-0.2, 0) is 12.0 Å². The largest absolute Gasteiger partial charge is 0.474 e. The Hall–Kier alpha value is -3.45. The van der Waals surface area contributed by atoms with Gasteiger partial charge in [0.05, 0.1) is 5.56 Å². The molecule has 0 aliphatic carbocycles. The van der Waals surface area contributed by atoms with Crippen molar-refractivity contribution in [3.63, 3.8) is 0 Å². The van der Waals surface area contributed by atoms with Crippen molar-refractivity contribution in [2.75, 3.05) is 23.7 Å². The van der Waals surface area contributed by atoms with Crippen LogP contribution >= 0.6 is 0 Å². The van der Waals surface area contributed by atoms with Crippen LogP contribution in [0.2, 0.25) is 0 Å². The number of piperidine rings is 1. The molecule has 1 unspecified atom stereocenters. The van der Waals surface area contributed by atoms with E-state index in [4.69, 9.17) is 4.74 Å². The molecule has 3 heterocycles. The fraction of sp³-hybridized carbons (Fsp3) is 0.414. The number of rotatable bonds is 8. The lowest BCUT2D eigenvalue weighted by atomic mass is 9.87. The minimum absolute atomic E-state index is 0.0617. The zero-order chi connectivity index (χ0) is 25.5. The molecule has 1 aromatic carbocycles. The van der Waals surface area contributed by atoms with Gasteiger partial charge in [0.25, 0.3) is 5.91 Å². The smallest absolute Gasteiger partial charge is 0.259 e. The Morgan fingerprint density at radius 2 is 1.83 bits per heavy atom. The summed E-state index contributed by atoms with van der Waals surface area (Å²) < 4.78 is 6.16. The van der Waals surface area contributed by atoms with Gasteiger partial charge in [0.15, 0.2) is 0 Å². The number of nitrogens with zero attached hydrogens (tertiary/aromatic N) is 2. The first-order valence-corrected chi connectivity index (χ1v) is 12.7. The number of anilines is 2. The van der Waals surface area contributed by atoms with Crippen LogP contribution in [0.15, 0.2) is 60.9 Å². The van der Waals surface area contributed by atoms with Gasteiger partial charge < -0.3 is 20.7 Å². The van der Waals surface area contributed by atoms with E-state index < -0.39 is 0 Å². The van der Waals surface area contributed by atoms with Crippen molar-refractivity contribution >= 4 is 17.4 Å². The fourth-order valence-electron chi connectivity index (χ4n) is 4.39. The zero-order valence-corrected chi connectivity index (χ0v) is 21.7. The van der Waals surface area contributed by atoms with Crippen LogP contribution in [0.5, 0.6) is 5.88 Å². The number of carbonyl (C=O) groups is 1. The molecule has 1 saturated heterocycles. The van der Waals surface area contributed by atoms with Crippen LogP contribution in [0.25, 0.3) is 0 Å². The molecule has 1 amide bonds. The Balaban J connectivity index is 1.38. The summed E-state index contributed by atoms with van der Waals surface area (Å²) in [5.74, 6) is 1.49. The van der Waals surface area contributed by atoms with Crippen molar-refractivity contribution in [1.29, 1.82) is 0 Å². The highest BCUT2D eigenvalue weighted by Crippen LogP contribution is 2.25. The molecular formula is C29H37N5O2. The summed E-state index contributed by atoms with van der Waals surface area (Å²) in [6.45, 7) is 11.2. The van der Waals surface area contributed by atoms with E-state index in [0.29, 0.717) is 29.7 Å². The first-order chi connectivity index (χ1) is 17.3. The maximum atomic E-state index is 13.0. The second-order valence-electron chi connectivity index (χ2n) is 10.4. The maximum absolute atomic E-state index is 13.0. The van der Waals surface area contributed by atoms with E-state index in [1.807, 2.05) is 36.4 Å². The van der Waals surface area contributed by atoms with Crippen molar-refractivity contribution in [3.05, 3.63) is 77.6 Å². The molecule has 7 nitrogen and oxygen atoms in total. The van der Waals surface area contributed by atoms with Crippen LogP contribution in [0.3, 0.4) is 0 Å².